The zero-order valence-electron chi connectivity index (χ0n) is 19.8. The monoisotopic (exact) mass is 439 g/mol. The molecule has 6 nitrogen and oxygen atoms in total. The van der Waals surface area contributed by atoms with E-state index >= 15 is 0 Å². The van der Waals surface area contributed by atoms with Gasteiger partial charge in [0, 0.05) is 36.5 Å². The molecule has 4 atom stereocenters. The van der Waals surface area contributed by atoms with E-state index < -0.39 is 0 Å². The molecular weight excluding hydrogens is 402 g/mol. The normalized spacial score (nSPS) is 29.9. The van der Waals surface area contributed by atoms with E-state index in [1.165, 1.54) is 5.56 Å². The van der Waals surface area contributed by atoms with Crippen LogP contribution in [0.2, 0.25) is 0 Å². The van der Waals surface area contributed by atoms with Crippen LogP contribution in [-0.4, -0.2) is 45.1 Å². The number of benzene rings is 1. The number of aliphatic hydroxyl groups is 1. The number of hydrogen-bond acceptors (Lipinski definition) is 4. The quantitative estimate of drug-likeness (QED) is 0.730. The maximum Gasteiger partial charge on any atom is 0.269 e. The smallest absolute Gasteiger partial charge is 0.269 e. The third-order valence-electron chi connectivity index (χ3n) is 7.37. The third-order valence-corrected chi connectivity index (χ3v) is 7.37. The Labute approximate surface area is 191 Å². The summed E-state index contributed by atoms with van der Waals surface area (Å²) in [4.78, 5) is 13.1. The Morgan fingerprint density at radius 1 is 1.22 bits per heavy atom. The van der Waals surface area contributed by atoms with E-state index in [0.717, 1.165) is 25.7 Å². The second kappa shape index (κ2) is 8.99. The van der Waals surface area contributed by atoms with Crippen molar-refractivity contribution in [3.63, 3.8) is 0 Å². The third kappa shape index (κ3) is 4.62. The van der Waals surface area contributed by atoms with E-state index in [0.29, 0.717) is 18.7 Å². The number of amides is 1. The molecule has 2 fully saturated rings. The molecule has 1 saturated heterocycles. The topological polar surface area (TPSA) is 76.4 Å². The van der Waals surface area contributed by atoms with Crippen LogP contribution >= 0.6 is 0 Å². The van der Waals surface area contributed by atoms with Crippen molar-refractivity contribution in [3.8, 4) is 0 Å². The number of nitrogens with zero attached hydrogens (tertiary/aromatic N) is 2. The van der Waals surface area contributed by atoms with Gasteiger partial charge in [-0.2, -0.15) is 5.10 Å². The molecule has 2 heterocycles. The molecule has 1 saturated carbocycles. The predicted molar refractivity (Wildman–Crippen MR) is 125 cm³/mol. The van der Waals surface area contributed by atoms with Gasteiger partial charge in [0.2, 0.25) is 0 Å². The summed E-state index contributed by atoms with van der Waals surface area (Å²) in [5.74, 6) is 0.0530. The predicted octanol–water partition coefficient (Wildman–Crippen LogP) is 4.25. The summed E-state index contributed by atoms with van der Waals surface area (Å²) in [6, 6.07) is 12.4. The Kier molecular flexibility index (Phi) is 6.46. The van der Waals surface area contributed by atoms with Crippen molar-refractivity contribution < 1.29 is 14.6 Å². The van der Waals surface area contributed by atoms with Gasteiger partial charge in [-0.05, 0) is 65.0 Å². The summed E-state index contributed by atoms with van der Waals surface area (Å²) in [5.41, 5.74) is 1.34. The van der Waals surface area contributed by atoms with Crippen LogP contribution in [0.4, 0.5) is 0 Å². The fraction of sp³-hybridized carbons (Fsp3) is 0.615. The number of rotatable bonds is 5. The van der Waals surface area contributed by atoms with E-state index in [1.807, 2.05) is 19.9 Å². The molecule has 2 aromatic rings. The highest BCUT2D eigenvalue weighted by molar-refractivity contribution is 5.92. The zero-order valence-corrected chi connectivity index (χ0v) is 19.8. The first kappa shape index (κ1) is 23.0. The Hall–Kier alpha value is -2.18. The summed E-state index contributed by atoms with van der Waals surface area (Å²) >= 11 is 0. The molecule has 1 aliphatic carbocycles. The molecule has 0 radical (unpaired) electrons. The van der Waals surface area contributed by atoms with Crippen molar-refractivity contribution in [2.75, 3.05) is 6.54 Å². The average molecular weight is 440 g/mol. The molecule has 4 rings (SSSR count). The first-order valence-electron chi connectivity index (χ1n) is 11.9. The van der Waals surface area contributed by atoms with Crippen molar-refractivity contribution in [3.05, 3.63) is 53.9 Å². The van der Waals surface area contributed by atoms with Crippen molar-refractivity contribution >= 4 is 5.91 Å². The van der Waals surface area contributed by atoms with Crippen molar-refractivity contribution in [1.82, 2.24) is 15.1 Å². The van der Waals surface area contributed by atoms with Crippen LogP contribution in [0.15, 0.2) is 42.6 Å². The number of aromatic nitrogens is 2. The van der Waals surface area contributed by atoms with Crippen LogP contribution in [0.1, 0.15) is 81.9 Å². The number of carbonyl (C=O) groups excluding carboxylic acids is 1. The average Bonchev–Trinajstić information content (AvgIpc) is 3.17. The second-order valence-corrected chi connectivity index (χ2v) is 10.5. The van der Waals surface area contributed by atoms with E-state index in [9.17, 15) is 9.90 Å². The Morgan fingerprint density at radius 3 is 2.66 bits per heavy atom. The SMILES string of the molecule is CC(C)n1nccc1C(=O)NC[C@]1(c2ccccc2)CC[C@H]2[C@H](CC1)OC(C)(C)C[C@@H]2O. The van der Waals surface area contributed by atoms with Crippen LogP contribution in [-0.2, 0) is 10.2 Å². The summed E-state index contributed by atoms with van der Waals surface area (Å²) in [6.07, 6.45) is 5.63. The Morgan fingerprint density at radius 2 is 1.94 bits per heavy atom. The van der Waals surface area contributed by atoms with E-state index in [1.54, 1.807) is 16.9 Å². The Bertz CT molecular complexity index is 923. The fourth-order valence-electron chi connectivity index (χ4n) is 5.69. The van der Waals surface area contributed by atoms with Crippen molar-refractivity contribution in [2.24, 2.45) is 5.92 Å². The molecule has 1 amide bonds. The minimum Gasteiger partial charge on any atom is -0.393 e. The van der Waals surface area contributed by atoms with Gasteiger partial charge in [-0.1, -0.05) is 30.3 Å². The highest BCUT2D eigenvalue weighted by atomic mass is 16.5. The zero-order chi connectivity index (χ0) is 22.9. The van der Waals surface area contributed by atoms with E-state index in [-0.39, 0.29) is 41.1 Å². The first-order valence-corrected chi connectivity index (χ1v) is 11.9. The van der Waals surface area contributed by atoms with Crippen molar-refractivity contribution in [2.45, 2.75) is 89.1 Å². The lowest BCUT2D eigenvalue weighted by atomic mass is 9.73. The van der Waals surface area contributed by atoms with Crippen LogP contribution in [0.5, 0.6) is 0 Å². The van der Waals surface area contributed by atoms with Crippen molar-refractivity contribution in [1.29, 1.82) is 0 Å². The van der Waals surface area contributed by atoms with Gasteiger partial charge in [-0.15, -0.1) is 0 Å². The lowest BCUT2D eigenvalue weighted by Crippen LogP contribution is -2.48. The lowest BCUT2D eigenvalue weighted by molar-refractivity contribution is -0.178. The van der Waals surface area contributed by atoms with E-state index in [2.05, 4.69) is 48.5 Å². The van der Waals surface area contributed by atoms with Gasteiger partial charge in [-0.25, -0.2) is 0 Å². The van der Waals surface area contributed by atoms with Gasteiger partial charge >= 0.3 is 0 Å². The van der Waals surface area contributed by atoms with Crippen LogP contribution in [0.25, 0.3) is 0 Å². The number of hydrogen-bond donors (Lipinski definition) is 2. The largest absolute Gasteiger partial charge is 0.393 e. The molecule has 0 spiro atoms. The second-order valence-electron chi connectivity index (χ2n) is 10.5. The molecule has 2 aliphatic rings. The molecule has 1 aromatic carbocycles. The standard InChI is InChI=1S/C26H37N3O3/c1-18(2)29-21(12-15-28-29)24(31)27-17-26(19-8-6-5-7-9-19)13-10-20-22(30)16-25(3,4)32-23(20)11-14-26/h5-9,12,15,18,20,22-23,30H,10-11,13-14,16-17H2,1-4H3,(H,27,31)/t20-,22+,23+,26+/m1/s1. The molecular formula is C26H37N3O3. The minimum absolute atomic E-state index is 0.0532. The summed E-state index contributed by atoms with van der Waals surface area (Å²) < 4.78 is 8.19. The molecule has 6 heteroatoms. The van der Waals surface area contributed by atoms with Crippen LogP contribution < -0.4 is 5.32 Å². The maximum absolute atomic E-state index is 13.1. The van der Waals surface area contributed by atoms with Gasteiger partial charge in [0.25, 0.3) is 5.91 Å². The summed E-state index contributed by atoms with van der Waals surface area (Å²) in [7, 11) is 0. The number of aliphatic hydroxyl groups excluding tert-OH is 1. The molecule has 0 unspecified atom stereocenters. The van der Waals surface area contributed by atoms with Gasteiger partial charge in [0.1, 0.15) is 5.69 Å². The molecule has 174 valence electrons. The number of fused-ring (bicyclic) bond motifs is 1. The summed E-state index contributed by atoms with van der Waals surface area (Å²) in [6.45, 7) is 8.74. The highest BCUT2D eigenvalue weighted by Gasteiger charge is 2.46. The van der Waals surface area contributed by atoms with E-state index in [4.69, 9.17) is 4.74 Å². The molecule has 32 heavy (non-hydrogen) atoms. The van der Waals surface area contributed by atoms with Crippen LogP contribution in [0, 0.1) is 5.92 Å². The number of nitrogens with one attached hydrogen (secondary N) is 1. The Balaban J connectivity index is 1.57. The lowest BCUT2D eigenvalue weighted by Gasteiger charge is -2.43. The first-order chi connectivity index (χ1) is 15.2. The van der Waals surface area contributed by atoms with Gasteiger partial charge in [0.15, 0.2) is 0 Å². The molecule has 1 aliphatic heterocycles. The number of carbonyl (C=O) groups is 1. The highest BCUT2D eigenvalue weighted by Crippen LogP contribution is 2.45. The van der Waals surface area contributed by atoms with Gasteiger partial charge in [0.05, 0.1) is 17.8 Å². The van der Waals surface area contributed by atoms with Gasteiger partial charge in [-0.3, -0.25) is 9.48 Å². The molecule has 0 bridgehead atoms. The van der Waals surface area contributed by atoms with Gasteiger partial charge < -0.3 is 15.2 Å². The number of ether oxygens (including phenoxy) is 1. The molecule has 2 N–H and O–H groups in total. The molecule has 1 aromatic heterocycles. The minimum atomic E-state index is -0.342. The summed E-state index contributed by atoms with van der Waals surface area (Å²) in [5, 5.41) is 18.4. The fourth-order valence-corrected chi connectivity index (χ4v) is 5.69. The van der Waals surface area contributed by atoms with Crippen LogP contribution in [0.3, 0.4) is 0 Å². The maximum atomic E-state index is 13.1.